The summed E-state index contributed by atoms with van der Waals surface area (Å²) in [6.45, 7) is 3.73. The second-order valence-corrected chi connectivity index (χ2v) is 9.61. The maximum atomic E-state index is 14.9. The Balaban J connectivity index is 1.37. The normalized spacial score (nSPS) is 16.5. The van der Waals surface area contributed by atoms with E-state index < -0.39 is 17.4 Å². The lowest BCUT2D eigenvalue weighted by atomic mass is 9.79. The Kier molecular flexibility index (Phi) is 6.61. The minimum atomic E-state index is -1.05. The van der Waals surface area contributed by atoms with Crippen molar-refractivity contribution in [2.24, 2.45) is 5.92 Å². The van der Waals surface area contributed by atoms with Gasteiger partial charge in [-0.15, -0.1) is 0 Å². The van der Waals surface area contributed by atoms with Gasteiger partial charge in [0.1, 0.15) is 17.2 Å². The summed E-state index contributed by atoms with van der Waals surface area (Å²) in [4.78, 5) is 23.0. The Hall–Kier alpha value is -3.89. The molecule has 9 nitrogen and oxygen atoms in total. The van der Waals surface area contributed by atoms with Gasteiger partial charge in [0.15, 0.2) is 5.69 Å². The molecule has 0 unspecified atom stereocenters. The second kappa shape index (κ2) is 9.87. The lowest BCUT2D eigenvalue weighted by Gasteiger charge is -2.38. The van der Waals surface area contributed by atoms with E-state index in [1.165, 1.54) is 23.9 Å². The highest BCUT2D eigenvalue weighted by molar-refractivity contribution is 5.87. The van der Waals surface area contributed by atoms with Gasteiger partial charge in [0.25, 0.3) is 0 Å². The van der Waals surface area contributed by atoms with Crippen LogP contribution in [0.15, 0.2) is 54.9 Å². The van der Waals surface area contributed by atoms with Gasteiger partial charge in [0.2, 0.25) is 0 Å². The van der Waals surface area contributed by atoms with E-state index in [2.05, 4.69) is 32.1 Å². The number of aliphatic hydroxyl groups is 1. The molecule has 1 atom stereocenters. The number of carbonyl (C=O) groups excluding carboxylic acids is 1. The zero-order valence-electron chi connectivity index (χ0n) is 21.0. The first kappa shape index (κ1) is 24.8. The molecule has 1 aliphatic rings. The molecule has 4 heterocycles. The van der Waals surface area contributed by atoms with E-state index in [0.717, 1.165) is 31.3 Å². The lowest BCUT2D eigenvalue weighted by molar-refractivity contribution is -0.0334. The number of nitrogens with one attached hydrogen (secondary N) is 1. The molecule has 10 heteroatoms. The number of halogens is 1. The Morgan fingerprint density at radius 2 is 1.97 bits per heavy atom. The van der Waals surface area contributed by atoms with Gasteiger partial charge in [0.05, 0.1) is 29.7 Å². The van der Waals surface area contributed by atoms with Crippen molar-refractivity contribution < 1.29 is 19.0 Å². The molecule has 1 aromatic carbocycles. The van der Waals surface area contributed by atoms with Crippen LogP contribution in [-0.4, -0.2) is 63.0 Å². The van der Waals surface area contributed by atoms with E-state index in [0.29, 0.717) is 22.7 Å². The summed E-state index contributed by atoms with van der Waals surface area (Å²) in [5, 5.41) is 19.3. The maximum Gasteiger partial charge on any atom is 0.358 e. The third-order valence-electron chi connectivity index (χ3n) is 7.07. The SMILES string of the molecule is COC(=O)c1ccn(-c2ccc(Nc3cc4nc([C@](C)(O)C5CCN(C)CC5)ccc4cn3)c(F)c2)n1. The van der Waals surface area contributed by atoms with Crippen molar-refractivity contribution in [1.29, 1.82) is 0 Å². The minimum Gasteiger partial charge on any atom is -0.464 e. The average molecular weight is 505 g/mol. The summed E-state index contributed by atoms with van der Waals surface area (Å²) >= 11 is 0. The van der Waals surface area contributed by atoms with Crippen LogP contribution in [0.1, 0.15) is 35.9 Å². The van der Waals surface area contributed by atoms with Crippen LogP contribution in [0.4, 0.5) is 15.9 Å². The topological polar surface area (TPSA) is 105 Å². The van der Waals surface area contributed by atoms with Crippen molar-refractivity contribution in [3.05, 3.63) is 72.1 Å². The number of fused-ring (bicyclic) bond motifs is 1. The van der Waals surface area contributed by atoms with E-state index >= 15 is 0 Å². The number of likely N-dealkylation sites (tertiary alicyclic amines) is 1. The summed E-state index contributed by atoms with van der Waals surface area (Å²) in [6.07, 6.45) is 5.04. The van der Waals surface area contributed by atoms with Crippen molar-refractivity contribution in [1.82, 2.24) is 24.6 Å². The third-order valence-corrected chi connectivity index (χ3v) is 7.07. The first-order valence-electron chi connectivity index (χ1n) is 12.1. The zero-order chi connectivity index (χ0) is 26.2. The molecule has 2 N–H and O–H groups in total. The van der Waals surface area contributed by atoms with E-state index in [4.69, 9.17) is 4.98 Å². The zero-order valence-corrected chi connectivity index (χ0v) is 21.0. The third kappa shape index (κ3) is 5.03. The van der Waals surface area contributed by atoms with E-state index in [1.807, 2.05) is 19.1 Å². The molecule has 0 bridgehead atoms. The monoisotopic (exact) mass is 504 g/mol. The number of hydrogen-bond donors (Lipinski definition) is 2. The molecule has 1 aliphatic heterocycles. The smallest absolute Gasteiger partial charge is 0.358 e. The summed E-state index contributed by atoms with van der Waals surface area (Å²) in [6, 6.07) is 11.6. The van der Waals surface area contributed by atoms with E-state index in [-0.39, 0.29) is 17.3 Å². The summed E-state index contributed by atoms with van der Waals surface area (Å²) in [5.74, 6) is -0.528. The number of methoxy groups -OCH3 is 1. The quantitative estimate of drug-likeness (QED) is 0.379. The molecule has 5 rings (SSSR count). The average Bonchev–Trinajstić information content (AvgIpc) is 3.40. The van der Waals surface area contributed by atoms with Gasteiger partial charge in [-0.05, 0) is 76.2 Å². The van der Waals surface area contributed by atoms with Gasteiger partial charge in [-0.25, -0.2) is 23.8 Å². The predicted molar refractivity (Wildman–Crippen MR) is 137 cm³/mol. The summed E-state index contributed by atoms with van der Waals surface area (Å²) < 4.78 is 21.0. The summed E-state index contributed by atoms with van der Waals surface area (Å²) in [7, 11) is 3.37. The Labute approximate surface area is 213 Å². The number of piperidine rings is 1. The van der Waals surface area contributed by atoms with E-state index in [9.17, 15) is 14.3 Å². The molecule has 0 amide bonds. The van der Waals surface area contributed by atoms with E-state index in [1.54, 1.807) is 30.6 Å². The fraction of sp³-hybridized carbons (Fsp3) is 0.333. The lowest BCUT2D eigenvalue weighted by Crippen LogP contribution is -2.41. The number of nitrogens with zero attached hydrogens (tertiary/aromatic N) is 5. The highest BCUT2D eigenvalue weighted by atomic mass is 19.1. The standard InChI is InChI=1S/C27H29FN6O3/c1-27(36,18-8-11-33(2)12-9-18)24-7-4-17-16-29-25(15-23(17)30-24)31-21-6-5-19(14-20(21)28)34-13-10-22(32-34)26(35)37-3/h4-7,10,13-16,18,36H,8-9,11-12H2,1-3H3,(H,29,31)/t27-/m1/s1. The number of esters is 1. The van der Waals surface area contributed by atoms with Crippen molar-refractivity contribution in [2.75, 3.05) is 32.6 Å². The maximum absolute atomic E-state index is 14.9. The number of pyridine rings is 2. The Morgan fingerprint density at radius 1 is 1.19 bits per heavy atom. The van der Waals surface area contributed by atoms with Gasteiger partial charge >= 0.3 is 5.97 Å². The van der Waals surface area contributed by atoms with Crippen LogP contribution in [0.2, 0.25) is 0 Å². The molecule has 3 aromatic heterocycles. The number of benzene rings is 1. The van der Waals surface area contributed by atoms with Gasteiger partial charge in [-0.2, -0.15) is 5.10 Å². The molecular formula is C27H29FN6O3. The molecule has 4 aromatic rings. The number of anilines is 2. The van der Waals surface area contributed by atoms with Gasteiger partial charge in [-0.3, -0.25) is 0 Å². The second-order valence-electron chi connectivity index (χ2n) is 9.61. The van der Waals surface area contributed by atoms with Crippen LogP contribution in [0.25, 0.3) is 16.6 Å². The number of ether oxygens (including phenoxy) is 1. The molecule has 192 valence electrons. The molecular weight excluding hydrogens is 475 g/mol. The van der Waals surface area contributed by atoms with Crippen LogP contribution in [0.5, 0.6) is 0 Å². The highest BCUT2D eigenvalue weighted by Gasteiger charge is 2.36. The molecule has 0 spiro atoms. The predicted octanol–water partition coefficient (Wildman–Crippen LogP) is 4.03. The first-order valence-corrected chi connectivity index (χ1v) is 12.1. The van der Waals surface area contributed by atoms with Crippen molar-refractivity contribution in [3.63, 3.8) is 0 Å². The fourth-order valence-electron chi connectivity index (χ4n) is 4.71. The van der Waals surface area contributed by atoms with Crippen molar-refractivity contribution in [2.45, 2.75) is 25.4 Å². The van der Waals surface area contributed by atoms with Crippen LogP contribution in [0, 0.1) is 11.7 Å². The number of carbonyl (C=O) groups is 1. The van der Waals surface area contributed by atoms with Crippen LogP contribution < -0.4 is 5.32 Å². The molecule has 0 aliphatic carbocycles. The van der Waals surface area contributed by atoms with Crippen LogP contribution in [0.3, 0.4) is 0 Å². The Bertz CT molecular complexity index is 1450. The molecule has 0 saturated carbocycles. The van der Waals surface area contributed by atoms with Crippen molar-refractivity contribution in [3.8, 4) is 5.69 Å². The van der Waals surface area contributed by atoms with Crippen LogP contribution >= 0.6 is 0 Å². The number of rotatable bonds is 6. The van der Waals surface area contributed by atoms with Gasteiger partial charge < -0.3 is 20.1 Å². The van der Waals surface area contributed by atoms with Crippen LogP contribution in [-0.2, 0) is 10.3 Å². The molecule has 1 saturated heterocycles. The van der Waals surface area contributed by atoms with Crippen molar-refractivity contribution >= 4 is 28.4 Å². The minimum absolute atomic E-state index is 0.124. The highest BCUT2D eigenvalue weighted by Crippen LogP contribution is 2.36. The molecule has 1 fully saturated rings. The number of aromatic nitrogens is 4. The first-order chi connectivity index (χ1) is 17.7. The molecule has 0 radical (unpaired) electrons. The summed E-state index contributed by atoms with van der Waals surface area (Å²) in [5.41, 5.74) is 1.04. The Morgan fingerprint density at radius 3 is 2.70 bits per heavy atom. The molecule has 37 heavy (non-hydrogen) atoms. The largest absolute Gasteiger partial charge is 0.464 e. The van der Waals surface area contributed by atoms with Gasteiger partial charge in [-0.1, -0.05) is 0 Å². The fourth-order valence-corrected chi connectivity index (χ4v) is 4.71. The van der Waals surface area contributed by atoms with Gasteiger partial charge in [0, 0.05) is 29.9 Å². The number of hydrogen-bond acceptors (Lipinski definition) is 8.